The normalized spacial score (nSPS) is 10.2. The lowest BCUT2D eigenvalue weighted by molar-refractivity contribution is -0.115. The van der Waals surface area contributed by atoms with Crippen LogP contribution in [-0.4, -0.2) is 21.6 Å². The number of thioether (sulfide) groups is 1. The third-order valence-corrected chi connectivity index (χ3v) is 4.26. The minimum Gasteiger partial charge on any atom is -0.311 e. The topological polar surface area (TPSA) is 78.7 Å². The molecule has 0 aliphatic rings. The van der Waals surface area contributed by atoms with Gasteiger partial charge >= 0.3 is 0 Å². The summed E-state index contributed by atoms with van der Waals surface area (Å²) in [6, 6.07) is 11.3. The molecule has 0 aromatic carbocycles. The van der Waals surface area contributed by atoms with Crippen molar-refractivity contribution in [2.24, 2.45) is 0 Å². The molecule has 2 rings (SSSR count). The molecule has 5 nitrogen and oxygen atoms in total. The first kappa shape index (κ1) is 18.0. The van der Waals surface area contributed by atoms with Gasteiger partial charge in [0.1, 0.15) is 16.9 Å². The van der Waals surface area contributed by atoms with E-state index in [-0.39, 0.29) is 5.91 Å². The van der Waals surface area contributed by atoms with Crippen LogP contribution in [0, 0.1) is 18.3 Å². The van der Waals surface area contributed by atoms with Crippen LogP contribution in [0.5, 0.6) is 0 Å². The quantitative estimate of drug-likeness (QED) is 0.777. The minimum absolute atomic E-state index is 0.0937. The number of nitrogens with zero attached hydrogens (tertiary/aromatic N) is 3. The molecule has 0 aliphatic heterocycles. The molecule has 124 valence electrons. The first-order chi connectivity index (χ1) is 11.6. The van der Waals surface area contributed by atoms with E-state index in [1.807, 2.05) is 25.1 Å². The predicted molar refractivity (Wildman–Crippen MR) is 95.9 cm³/mol. The highest BCUT2D eigenvalue weighted by Crippen LogP contribution is 2.22. The van der Waals surface area contributed by atoms with Crippen LogP contribution in [0.25, 0.3) is 0 Å². The predicted octanol–water partition coefficient (Wildman–Crippen LogP) is 3.73. The molecule has 0 fully saturated rings. The lowest BCUT2D eigenvalue weighted by Gasteiger charge is -2.07. The molecular weight excluding hydrogens is 320 g/mol. The van der Waals surface area contributed by atoms with Crippen LogP contribution in [0.1, 0.15) is 36.7 Å². The Morgan fingerprint density at radius 3 is 2.83 bits per heavy atom. The van der Waals surface area contributed by atoms with Crippen molar-refractivity contribution in [3.05, 3.63) is 47.3 Å². The van der Waals surface area contributed by atoms with Crippen LogP contribution in [0.2, 0.25) is 0 Å². The second kappa shape index (κ2) is 9.04. The molecule has 1 N–H and O–H groups in total. The molecule has 0 aliphatic carbocycles. The van der Waals surface area contributed by atoms with E-state index < -0.39 is 0 Å². The maximum atomic E-state index is 12.0. The Hall–Kier alpha value is -2.39. The molecule has 0 saturated heterocycles. The second-order valence-corrected chi connectivity index (χ2v) is 6.41. The number of nitriles is 1. The first-order valence-electron chi connectivity index (χ1n) is 7.88. The van der Waals surface area contributed by atoms with E-state index in [4.69, 9.17) is 0 Å². The SMILES string of the molecule is CCCc1ccc(C#N)c(SCCC(=O)Nc2cccc(C)n2)n1. The fraction of sp³-hybridized carbons (Fsp3) is 0.333. The highest BCUT2D eigenvalue weighted by Gasteiger charge is 2.09. The number of rotatable bonds is 7. The van der Waals surface area contributed by atoms with Gasteiger partial charge in [-0.3, -0.25) is 4.79 Å². The van der Waals surface area contributed by atoms with Gasteiger partial charge < -0.3 is 5.32 Å². The first-order valence-corrected chi connectivity index (χ1v) is 8.87. The van der Waals surface area contributed by atoms with Crippen LogP contribution in [-0.2, 0) is 11.2 Å². The third-order valence-electron chi connectivity index (χ3n) is 3.27. The van der Waals surface area contributed by atoms with Gasteiger partial charge in [-0.2, -0.15) is 5.26 Å². The summed E-state index contributed by atoms with van der Waals surface area (Å²) in [5.41, 5.74) is 2.39. The number of aromatic nitrogens is 2. The van der Waals surface area contributed by atoms with Crippen molar-refractivity contribution in [1.29, 1.82) is 5.26 Å². The van der Waals surface area contributed by atoms with Crippen molar-refractivity contribution in [3.8, 4) is 6.07 Å². The van der Waals surface area contributed by atoms with Gasteiger partial charge in [0.05, 0.1) is 5.56 Å². The average molecular weight is 340 g/mol. The zero-order chi connectivity index (χ0) is 17.4. The number of carbonyl (C=O) groups excluding carboxylic acids is 1. The van der Waals surface area contributed by atoms with Gasteiger partial charge in [-0.05, 0) is 37.6 Å². The molecule has 1 amide bonds. The highest BCUT2D eigenvalue weighted by molar-refractivity contribution is 7.99. The second-order valence-electron chi connectivity index (χ2n) is 5.33. The van der Waals surface area contributed by atoms with Crippen LogP contribution in [0.3, 0.4) is 0 Å². The van der Waals surface area contributed by atoms with Crippen molar-refractivity contribution < 1.29 is 4.79 Å². The molecule has 0 radical (unpaired) electrons. The molecule has 0 saturated carbocycles. The van der Waals surface area contributed by atoms with E-state index in [1.54, 1.807) is 12.1 Å². The van der Waals surface area contributed by atoms with Gasteiger partial charge in [0.15, 0.2) is 0 Å². The Labute approximate surface area is 146 Å². The summed E-state index contributed by atoms with van der Waals surface area (Å²) in [5.74, 6) is 1.03. The van der Waals surface area contributed by atoms with Crippen LogP contribution in [0.4, 0.5) is 5.82 Å². The molecule has 6 heteroatoms. The van der Waals surface area contributed by atoms with E-state index in [1.165, 1.54) is 11.8 Å². The summed E-state index contributed by atoms with van der Waals surface area (Å²) >= 11 is 1.44. The Morgan fingerprint density at radius 1 is 1.29 bits per heavy atom. The highest BCUT2D eigenvalue weighted by atomic mass is 32.2. The van der Waals surface area contributed by atoms with E-state index in [0.29, 0.717) is 28.6 Å². The summed E-state index contributed by atoms with van der Waals surface area (Å²) in [6.07, 6.45) is 2.23. The number of anilines is 1. The van der Waals surface area contributed by atoms with E-state index in [2.05, 4.69) is 28.3 Å². The van der Waals surface area contributed by atoms with Gasteiger partial charge in [-0.15, -0.1) is 11.8 Å². The number of carbonyl (C=O) groups is 1. The number of aryl methyl sites for hydroxylation is 2. The lowest BCUT2D eigenvalue weighted by atomic mass is 10.2. The summed E-state index contributed by atoms with van der Waals surface area (Å²) < 4.78 is 0. The number of pyridine rings is 2. The zero-order valence-electron chi connectivity index (χ0n) is 13.9. The molecule has 2 aromatic heterocycles. The van der Waals surface area contributed by atoms with E-state index in [0.717, 1.165) is 24.2 Å². The van der Waals surface area contributed by atoms with Crippen LogP contribution < -0.4 is 5.32 Å². The fourth-order valence-electron chi connectivity index (χ4n) is 2.13. The molecule has 2 aromatic rings. The fourth-order valence-corrected chi connectivity index (χ4v) is 3.06. The Kier molecular flexibility index (Phi) is 6.76. The largest absolute Gasteiger partial charge is 0.311 e. The van der Waals surface area contributed by atoms with Crippen molar-refractivity contribution in [3.63, 3.8) is 0 Å². The maximum Gasteiger partial charge on any atom is 0.226 e. The summed E-state index contributed by atoms with van der Waals surface area (Å²) in [6.45, 7) is 3.97. The number of hydrogen-bond donors (Lipinski definition) is 1. The molecular formula is C18H20N4OS. The summed E-state index contributed by atoms with van der Waals surface area (Å²) in [7, 11) is 0. The molecule has 2 heterocycles. The molecule has 0 unspecified atom stereocenters. The molecule has 24 heavy (non-hydrogen) atoms. The van der Waals surface area contributed by atoms with Crippen LogP contribution in [0.15, 0.2) is 35.4 Å². The number of nitrogens with one attached hydrogen (secondary N) is 1. The van der Waals surface area contributed by atoms with Crippen molar-refractivity contribution >= 4 is 23.5 Å². The zero-order valence-corrected chi connectivity index (χ0v) is 14.7. The Bertz CT molecular complexity index is 755. The minimum atomic E-state index is -0.0937. The monoisotopic (exact) mass is 340 g/mol. The van der Waals surface area contributed by atoms with E-state index >= 15 is 0 Å². The Balaban J connectivity index is 1.90. The van der Waals surface area contributed by atoms with Gasteiger partial charge in [0.2, 0.25) is 5.91 Å². The van der Waals surface area contributed by atoms with Crippen molar-refractivity contribution in [2.45, 2.75) is 38.1 Å². The van der Waals surface area contributed by atoms with Crippen LogP contribution >= 0.6 is 11.8 Å². The molecule has 0 spiro atoms. The standard InChI is InChI=1S/C18H20N4OS/c1-3-5-15-9-8-14(12-19)18(21-15)24-11-10-17(23)22-16-7-4-6-13(2)20-16/h4,6-9H,3,5,10-11H2,1-2H3,(H,20,22,23). The van der Waals surface area contributed by atoms with Gasteiger partial charge in [0.25, 0.3) is 0 Å². The molecule has 0 atom stereocenters. The van der Waals surface area contributed by atoms with E-state index in [9.17, 15) is 10.1 Å². The summed E-state index contributed by atoms with van der Waals surface area (Å²) in [5, 5.41) is 12.7. The molecule has 0 bridgehead atoms. The van der Waals surface area contributed by atoms with Crippen molar-refractivity contribution in [2.75, 3.05) is 11.1 Å². The van der Waals surface area contributed by atoms with Gasteiger partial charge in [0, 0.05) is 23.6 Å². The van der Waals surface area contributed by atoms with Gasteiger partial charge in [-0.25, -0.2) is 9.97 Å². The van der Waals surface area contributed by atoms with Crippen molar-refractivity contribution in [1.82, 2.24) is 9.97 Å². The number of amides is 1. The van der Waals surface area contributed by atoms with Gasteiger partial charge in [-0.1, -0.05) is 19.4 Å². The Morgan fingerprint density at radius 2 is 2.12 bits per heavy atom. The lowest BCUT2D eigenvalue weighted by Crippen LogP contribution is -2.13. The summed E-state index contributed by atoms with van der Waals surface area (Å²) in [4.78, 5) is 20.8. The maximum absolute atomic E-state index is 12.0. The average Bonchev–Trinajstić information content (AvgIpc) is 2.55. The number of hydrogen-bond acceptors (Lipinski definition) is 5. The third kappa shape index (κ3) is 5.36. The smallest absolute Gasteiger partial charge is 0.226 e.